The molecular weight excluding hydrogens is 304 g/mol. The zero-order chi connectivity index (χ0) is 15.9. The standard InChI is InChI=1S/C16H17ClN2O3/c1-20-14-8-11(9-15(21-2)16(14)22-3)10-18-19-13-7-5-4-6-12(13)17/h4-10,19H,1-3H3. The lowest BCUT2D eigenvalue weighted by molar-refractivity contribution is 0.324. The Kier molecular flexibility index (Phi) is 5.49. The highest BCUT2D eigenvalue weighted by Crippen LogP contribution is 2.37. The lowest BCUT2D eigenvalue weighted by Gasteiger charge is -2.12. The van der Waals surface area contributed by atoms with Gasteiger partial charge in [0.1, 0.15) is 0 Å². The molecule has 0 aliphatic rings. The van der Waals surface area contributed by atoms with Crippen molar-refractivity contribution in [3.8, 4) is 17.2 Å². The molecular formula is C16H17ClN2O3. The first-order chi connectivity index (χ1) is 10.7. The number of hydrazone groups is 1. The van der Waals surface area contributed by atoms with Crippen LogP contribution in [0.15, 0.2) is 41.5 Å². The molecule has 0 bridgehead atoms. The van der Waals surface area contributed by atoms with Gasteiger partial charge < -0.3 is 14.2 Å². The van der Waals surface area contributed by atoms with Crippen molar-refractivity contribution < 1.29 is 14.2 Å². The minimum atomic E-state index is 0.543. The first kappa shape index (κ1) is 16.0. The number of hydrogen-bond donors (Lipinski definition) is 1. The van der Waals surface area contributed by atoms with Crippen LogP contribution in [0.1, 0.15) is 5.56 Å². The predicted molar refractivity (Wildman–Crippen MR) is 88.8 cm³/mol. The highest BCUT2D eigenvalue weighted by molar-refractivity contribution is 6.33. The zero-order valence-electron chi connectivity index (χ0n) is 12.6. The van der Waals surface area contributed by atoms with Gasteiger partial charge in [-0.25, -0.2) is 0 Å². The van der Waals surface area contributed by atoms with E-state index in [2.05, 4.69) is 10.5 Å². The lowest BCUT2D eigenvalue weighted by atomic mass is 10.2. The third kappa shape index (κ3) is 3.62. The van der Waals surface area contributed by atoms with Gasteiger partial charge in [-0.05, 0) is 24.3 Å². The Balaban J connectivity index is 2.22. The number of hydrogen-bond acceptors (Lipinski definition) is 5. The Morgan fingerprint density at radius 3 is 2.18 bits per heavy atom. The summed E-state index contributed by atoms with van der Waals surface area (Å²) in [6.45, 7) is 0. The van der Waals surface area contributed by atoms with Crippen molar-refractivity contribution in [1.29, 1.82) is 0 Å². The molecule has 0 heterocycles. The fourth-order valence-corrected chi connectivity index (χ4v) is 2.08. The largest absolute Gasteiger partial charge is 0.493 e. The van der Waals surface area contributed by atoms with Crippen LogP contribution in [0.3, 0.4) is 0 Å². The van der Waals surface area contributed by atoms with E-state index < -0.39 is 0 Å². The normalized spacial score (nSPS) is 10.5. The van der Waals surface area contributed by atoms with E-state index in [0.717, 1.165) is 11.3 Å². The number of ether oxygens (including phenoxy) is 3. The van der Waals surface area contributed by atoms with E-state index in [-0.39, 0.29) is 0 Å². The topological polar surface area (TPSA) is 52.1 Å². The van der Waals surface area contributed by atoms with Crippen molar-refractivity contribution in [2.75, 3.05) is 26.8 Å². The van der Waals surface area contributed by atoms with Crippen LogP contribution >= 0.6 is 11.6 Å². The molecule has 0 unspecified atom stereocenters. The second kappa shape index (κ2) is 7.56. The van der Waals surface area contributed by atoms with Crippen LogP contribution in [-0.4, -0.2) is 27.5 Å². The van der Waals surface area contributed by atoms with Gasteiger partial charge in [0, 0.05) is 5.56 Å². The van der Waals surface area contributed by atoms with E-state index >= 15 is 0 Å². The number of methoxy groups -OCH3 is 3. The lowest BCUT2D eigenvalue weighted by Crippen LogP contribution is -1.97. The van der Waals surface area contributed by atoms with Crippen LogP contribution < -0.4 is 19.6 Å². The number of benzene rings is 2. The van der Waals surface area contributed by atoms with Gasteiger partial charge in [0.2, 0.25) is 5.75 Å². The predicted octanol–water partition coefficient (Wildman–Crippen LogP) is 3.81. The fourth-order valence-electron chi connectivity index (χ4n) is 1.90. The Bertz CT molecular complexity index is 649. The monoisotopic (exact) mass is 320 g/mol. The maximum absolute atomic E-state index is 6.05. The van der Waals surface area contributed by atoms with Gasteiger partial charge in [-0.1, -0.05) is 23.7 Å². The SMILES string of the molecule is COc1cc(C=NNc2ccccc2Cl)cc(OC)c1OC. The smallest absolute Gasteiger partial charge is 0.203 e. The molecule has 0 saturated carbocycles. The van der Waals surface area contributed by atoms with Crippen LogP contribution in [0.25, 0.3) is 0 Å². The molecule has 22 heavy (non-hydrogen) atoms. The van der Waals surface area contributed by atoms with Gasteiger partial charge in [-0.3, -0.25) is 5.43 Å². The quantitative estimate of drug-likeness (QED) is 0.649. The van der Waals surface area contributed by atoms with E-state index in [1.165, 1.54) is 0 Å². The summed E-state index contributed by atoms with van der Waals surface area (Å²) in [7, 11) is 4.70. The molecule has 0 radical (unpaired) electrons. The Morgan fingerprint density at radius 2 is 1.64 bits per heavy atom. The van der Waals surface area contributed by atoms with Gasteiger partial charge >= 0.3 is 0 Å². The molecule has 0 aliphatic carbocycles. The van der Waals surface area contributed by atoms with Gasteiger partial charge in [0.15, 0.2) is 11.5 Å². The second-order valence-electron chi connectivity index (χ2n) is 4.31. The third-order valence-electron chi connectivity index (χ3n) is 2.96. The van der Waals surface area contributed by atoms with E-state index in [9.17, 15) is 0 Å². The number of anilines is 1. The Morgan fingerprint density at radius 1 is 1.00 bits per heavy atom. The molecule has 2 aromatic rings. The maximum Gasteiger partial charge on any atom is 0.203 e. The summed E-state index contributed by atoms with van der Waals surface area (Å²) >= 11 is 6.05. The number of nitrogens with zero attached hydrogens (tertiary/aromatic N) is 1. The van der Waals surface area contributed by atoms with E-state index in [1.54, 1.807) is 45.7 Å². The molecule has 0 amide bonds. The van der Waals surface area contributed by atoms with Crippen molar-refractivity contribution in [2.45, 2.75) is 0 Å². The first-order valence-corrected chi connectivity index (χ1v) is 6.91. The van der Waals surface area contributed by atoms with Gasteiger partial charge in [0.25, 0.3) is 0 Å². The van der Waals surface area contributed by atoms with Crippen LogP contribution in [-0.2, 0) is 0 Å². The van der Waals surface area contributed by atoms with Crippen LogP contribution in [0.2, 0.25) is 5.02 Å². The number of para-hydroxylation sites is 1. The van der Waals surface area contributed by atoms with Gasteiger partial charge in [-0.2, -0.15) is 5.10 Å². The van der Waals surface area contributed by atoms with Crippen LogP contribution in [0.5, 0.6) is 17.2 Å². The molecule has 0 aromatic heterocycles. The number of halogens is 1. The summed E-state index contributed by atoms with van der Waals surface area (Å²) in [5.74, 6) is 1.68. The fraction of sp³-hybridized carbons (Fsp3) is 0.188. The summed E-state index contributed by atoms with van der Waals surface area (Å²) in [6.07, 6.45) is 1.65. The van der Waals surface area contributed by atoms with Crippen molar-refractivity contribution in [3.05, 3.63) is 47.0 Å². The summed E-state index contributed by atoms with van der Waals surface area (Å²) in [6, 6.07) is 11.0. The summed E-state index contributed by atoms with van der Waals surface area (Å²) in [4.78, 5) is 0. The second-order valence-corrected chi connectivity index (χ2v) is 4.72. The Hall–Kier alpha value is -2.40. The third-order valence-corrected chi connectivity index (χ3v) is 3.29. The molecule has 116 valence electrons. The molecule has 0 fully saturated rings. The van der Waals surface area contributed by atoms with Gasteiger partial charge in [-0.15, -0.1) is 0 Å². The molecule has 2 aromatic carbocycles. The molecule has 0 spiro atoms. The molecule has 5 nitrogen and oxygen atoms in total. The number of rotatable bonds is 6. The van der Waals surface area contributed by atoms with Crippen molar-refractivity contribution in [1.82, 2.24) is 0 Å². The minimum Gasteiger partial charge on any atom is -0.493 e. The molecule has 0 saturated heterocycles. The summed E-state index contributed by atoms with van der Waals surface area (Å²) in [5.41, 5.74) is 4.42. The summed E-state index contributed by atoms with van der Waals surface area (Å²) in [5, 5.41) is 4.77. The molecule has 2 rings (SSSR count). The zero-order valence-corrected chi connectivity index (χ0v) is 13.3. The van der Waals surface area contributed by atoms with Crippen molar-refractivity contribution >= 4 is 23.5 Å². The van der Waals surface area contributed by atoms with Crippen molar-refractivity contribution in [2.24, 2.45) is 5.10 Å². The number of nitrogens with one attached hydrogen (secondary N) is 1. The maximum atomic E-state index is 6.05. The molecule has 0 aliphatic heterocycles. The molecule has 0 atom stereocenters. The van der Waals surface area contributed by atoms with E-state index in [0.29, 0.717) is 22.3 Å². The minimum absolute atomic E-state index is 0.543. The summed E-state index contributed by atoms with van der Waals surface area (Å²) < 4.78 is 15.9. The van der Waals surface area contributed by atoms with E-state index in [1.807, 2.05) is 18.2 Å². The highest BCUT2D eigenvalue weighted by atomic mass is 35.5. The molecule has 6 heteroatoms. The molecule has 1 N–H and O–H groups in total. The van der Waals surface area contributed by atoms with Crippen LogP contribution in [0.4, 0.5) is 5.69 Å². The average molecular weight is 321 g/mol. The first-order valence-electron chi connectivity index (χ1n) is 6.53. The van der Waals surface area contributed by atoms with E-state index in [4.69, 9.17) is 25.8 Å². The Labute approximate surface area is 134 Å². The van der Waals surface area contributed by atoms with Crippen LogP contribution in [0, 0.1) is 0 Å². The highest BCUT2D eigenvalue weighted by Gasteiger charge is 2.12. The van der Waals surface area contributed by atoms with Gasteiger partial charge in [0.05, 0.1) is 38.3 Å². The van der Waals surface area contributed by atoms with Crippen molar-refractivity contribution in [3.63, 3.8) is 0 Å². The average Bonchev–Trinajstić information content (AvgIpc) is 2.55.